The highest BCUT2D eigenvalue weighted by atomic mass is 32.2. The zero-order valence-electron chi connectivity index (χ0n) is 10.7. The molecule has 0 saturated heterocycles. The van der Waals surface area contributed by atoms with Gasteiger partial charge in [0.25, 0.3) is 0 Å². The minimum Gasteiger partial charge on any atom is -0.364 e. The van der Waals surface area contributed by atoms with Crippen molar-refractivity contribution in [2.45, 2.75) is 65.2 Å². The van der Waals surface area contributed by atoms with Crippen molar-refractivity contribution in [3.63, 3.8) is 0 Å². The van der Waals surface area contributed by atoms with Crippen molar-refractivity contribution in [1.82, 2.24) is 5.32 Å². The fourth-order valence-electron chi connectivity index (χ4n) is 1.91. The number of allylic oxidation sites excluding steroid dienone is 2. The minimum absolute atomic E-state index is 1.23. The minimum atomic E-state index is 1.23. The molecule has 1 N–H and O–H groups in total. The van der Waals surface area contributed by atoms with Crippen molar-refractivity contribution < 1.29 is 0 Å². The third-order valence-corrected chi connectivity index (χ3v) is 3.92. The van der Waals surface area contributed by atoms with E-state index in [-0.39, 0.29) is 0 Å². The molecule has 0 unspecified atom stereocenters. The van der Waals surface area contributed by atoms with Crippen molar-refractivity contribution in [1.29, 1.82) is 0 Å². The van der Waals surface area contributed by atoms with Crippen molar-refractivity contribution in [3.8, 4) is 0 Å². The maximum absolute atomic E-state index is 3.43. The van der Waals surface area contributed by atoms with Crippen LogP contribution in [-0.2, 0) is 0 Å². The van der Waals surface area contributed by atoms with E-state index in [9.17, 15) is 0 Å². The second-order valence-corrected chi connectivity index (χ2v) is 5.38. The van der Waals surface area contributed by atoms with Crippen LogP contribution in [0.1, 0.15) is 65.2 Å². The first kappa shape index (κ1) is 13.7. The Morgan fingerprint density at radius 2 is 1.69 bits per heavy atom. The highest BCUT2D eigenvalue weighted by Crippen LogP contribution is 2.30. The molecule has 1 rings (SSSR count). The summed E-state index contributed by atoms with van der Waals surface area (Å²) in [5.74, 6) is 0. The van der Waals surface area contributed by atoms with Gasteiger partial charge in [0.15, 0.2) is 0 Å². The molecule has 0 radical (unpaired) electrons. The molecule has 1 aliphatic rings. The average Bonchev–Trinajstić information content (AvgIpc) is 2.32. The van der Waals surface area contributed by atoms with E-state index in [1.807, 2.05) is 11.8 Å². The molecule has 0 aromatic carbocycles. The third kappa shape index (κ3) is 5.11. The van der Waals surface area contributed by atoms with Crippen LogP contribution in [-0.4, -0.2) is 0 Å². The molecule has 0 amide bonds. The fraction of sp³-hybridized carbons (Fsp3) is 0.714. The lowest BCUT2D eigenvalue weighted by Crippen LogP contribution is -2.10. The number of nitrogens with one attached hydrogen (secondary N) is 1. The van der Waals surface area contributed by atoms with Crippen LogP contribution in [0, 0.1) is 0 Å². The van der Waals surface area contributed by atoms with Crippen LogP contribution in [0.25, 0.3) is 0 Å². The SMILES string of the molecule is CCCCCC1=C(CCCCC)SC=CN1. The van der Waals surface area contributed by atoms with Crippen LogP contribution < -0.4 is 5.32 Å². The Kier molecular flexibility index (Phi) is 7.48. The van der Waals surface area contributed by atoms with Gasteiger partial charge >= 0.3 is 0 Å². The van der Waals surface area contributed by atoms with Gasteiger partial charge in [0.05, 0.1) is 0 Å². The van der Waals surface area contributed by atoms with Crippen LogP contribution in [0.5, 0.6) is 0 Å². The van der Waals surface area contributed by atoms with E-state index in [0.29, 0.717) is 0 Å². The molecule has 92 valence electrons. The van der Waals surface area contributed by atoms with Gasteiger partial charge in [-0.2, -0.15) is 0 Å². The van der Waals surface area contributed by atoms with Gasteiger partial charge in [0.2, 0.25) is 0 Å². The normalized spacial score (nSPS) is 15.4. The monoisotopic (exact) mass is 239 g/mol. The summed E-state index contributed by atoms with van der Waals surface area (Å²) in [6, 6.07) is 0. The maximum atomic E-state index is 3.43. The summed E-state index contributed by atoms with van der Waals surface area (Å²) in [5.41, 5.74) is 1.48. The fourth-order valence-corrected chi connectivity index (χ4v) is 2.78. The predicted octanol–water partition coefficient (Wildman–Crippen LogP) is 5.17. The van der Waals surface area contributed by atoms with Crippen molar-refractivity contribution >= 4 is 11.8 Å². The van der Waals surface area contributed by atoms with Gasteiger partial charge in [-0.3, -0.25) is 0 Å². The van der Waals surface area contributed by atoms with Crippen molar-refractivity contribution in [3.05, 3.63) is 22.2 Å². The van der Waals surface area contributed by atoms with Gasteiger partial charge in [0.1, 0.15) is 0 Å². The van der Waals surface area contributed by atoms with E-state index in [2.05, 4.69) is 30.8 Å². The predicted molar refractivity (Wildman–Crippen MR) is 75.2 cm³/mol. The van der Waals surface area contributed by atoms with E-state index < -0.39 is 0 Å². The van der Waals surface area contributed by atoms with Gasteiger partial charge in [-0.05, 0) is 31.1 Å². The Hall–Kier alpha value is -0.370. The molecule has 16 heavy (non-hydrogen) atoms. The summed E-state index contributed by atoms with van der Waals surface area (Å²) in [5, 5.41) is 5.60. The summed E-state index contributed by atoms with van der Waals surface area (Å²) in [6.07, 6.45) is 12.6. The van der Waals surface area contributed by atoms with Gasteiger partial charge in [-0.15, -0.1) is 0 Å². The van der Waals surface area contributed by atoms with Crippen LogP contribution in [0.3, 0.4) is 0 Å². The smallest absolute Gasteiger partial charge is 0.0246 e. The topological polar surface area (TPSA) is 12.0 Å². The number of hydrogen-bond donors (Lipinski definition) is 1. The van der Waals surface area contributed by atoms with E-state index in [0.717, 1.165) is 0 Å². The lowest BCUT2D eigenvalue weighted by atomic mass is 10.1. The lowest BCUT2D eigenvalue weighted by molar-refractivity contribution is 0.680. The molecule has 0 bridgehead atoms. The van der Waals surface area contributed by atoms with Crippen molar-refractivity contribution in [2.24, 2.45) is 0 Å². The second kappa shape index (κ2) is 8.74. The molecule has 0 aromatic rings. The lowest BCUT2D eigenvalue weighted by Gasteiger charge is -2.17. The highest BCUT2D eigenvalue weighted by molar-refractivity contribution is 8.05. The molecule has 1 nitrogen and oxygen atoms in total. The standard InChI is InChI=1S/C14H25NS/c1-3-5-7-9-13-14(10-8-6-4-2)16-12-11-15-13/h11-12,15H,3-10H2,1-2H3. The molecule has 0 aromatic heterocycles. The molecule has 0 atom stereocenters. The second-order valence-electron chi connectivity index (χ2n) is 4.38. The van der Waals surface area contributed by atoms with Crippen molar-refractivity contribution in [2.75, 3.05) is 0 Å². The summed E-state index contributed by atoms with van der Waals surface area (Å²) < 4.78 is 0. The molecular formula is C14H25NS. The first-order valence-electron chi connectivity index (χ1n) is 6.68. The van der Waals surface area contributed by atoms with Gasteiger partial charge in [-0.1, -0.05) is 51.3 Å². The molecule has 2 heteroatoms. The molecule has 0 spiro atoms. The molecule has 0 fully saturated rings. The van der Waals surface area contributed by atoms with E-state index >= 15 is 0 Å². The summed E-state index contributed by atoms with van der Waals surface area (Å²) >= 11 is 1.92. The Bertz CT molecular complexity index is 219. The number of thioether (sulfide) groups is 1. The summed E-state index contributed by atoms with van der Waals surface area (Å²) in [7, 11) is 0. The van der Waals surface area contributed by atoms with E-state index in [1.54, 1.807) is 4.91 Å². The van der Waals surface area contributed by atoms with Crippen LogP contribution in [0.4, 0.5) is 0 Å². The van der Waals surface area contributed by atoms with E-state index in [1.165, 1.54) is 57.1 Å². The highest BCUT2D eigenvalue weighted by Gasteiger charge is 2.08. The number of rotatable bonds is 8. The zero-order valence-corrected chi connectivity index (χ0v) is 11.5. The molecule has 1 heterocycles. The van der Waals surface area contributed by atoms with Crippen LogP contribution in [0.15, 0.2) is 22.2 Å². The average molecular weight is 239 g/mol. The van der Waals surface area contributed by atoms with E-state index in [4.69, 9.17) is 0 Å². The Balaban J connectivity index is 2.37. The first-order valence-corrected chi connectivity index (χ1v) is 7.56. The first-order chi connectivity index (χ1) is 7.88. The third-order valence-electron chi connectivity index (χ3n) is 2.91. The molecule has 0 saturated carbocycles. The van der Waals surface area contributed by atoms with Gasteiger partial charge < -0.3 is 5.32 Å². The molecule has 1 aliphatic heterocycles. The largest absolute Gasteiger partial charge is 0.364 e. The molecular weight excluding hydrogens is 214 g/mol. The van der Waals surface area contributed by atoms with Crippen LogP contribution >= 0.6 is 11.8 Å². The zero-order chi connectivity index (χ0) is 11.6. The Morgan fingerprint density at radius 3 is 2.38 bits per heavy atom. The summed E-state index contributed by atoms with van der Waals surface area (Å²) in [6.45, 7) is 4.53. The van der Waals surface area contributed by atoms with Crippen LogP contribution in [0.2, 0.25) is 0 Å². The number of unbranched alkanes of at least 4 members (excludes halogenated alkanes) is 4. The van der Waals surface area contributed by atoms with Gasteiger partial charge in [0, 0.05) is 16.8 Å². The quantitative estimate of drug-likeness (QED) is 0.587. The van der Waals surface area contributed by atoms with Gasteiger partial charge in [-0.25, -0.2) is 0 Å². The Morgan fingerprint density at radius 1 is 1.00 bits per heavy atom. The maximum Gasteiger partial charge on any atom is 0.0246 e. The molecule has 0 aliphatic carbocycles. The Labute approximate surface area is 105 Å². The summed E-state index contributed by atoms with van der Waals surface area (Å²) in [4.78, 5) is 1.58. The number of hydrogen-bond acceptors (Lipinski definition) is 2.